The number of amidine groups is 1. The maximum absolute atomic E-state index is 12.6. The van der Waals surface area contributed by atoms with Crippen LogP contribution in [-0.4, -0.2) is 52.2 Å². The number of nitrogens with one attached hydrogen (secondary N) is 1. The zero-order valence-electron chi connectivity index (χ0n) is 14.8. The Morgan fingerprint density at radius 2 is 2.33 bits per heavy atom. The van der Waals surface area contributed by atoms with Crippen LogP contribution in [0.1, 0.15) is 18.4 Å². The average molecular weight is 422 g/mol. The van der Waals surface area contributed by atoms with Crippen LogP contribution in [0.15, 0.2) is 34.2 Å². The van der Waals surface area contributed by atoms with Gasteiger partial charge in [-0.1, -0.05) is 47.9 Å². The molecule has 142 valence electrons. The number of thioether (sulfide) groups is 2. The molecule has 0 atom stereocenters. The standard InChI is InChI=1S/C18H19N3O3S3/c1-24-13-5-2-4-12(10-13)11-14-16(23)21(18(25)27-14)8-3-6-15(22)20-17-19-7-9-26-17/h2,4-5,10-11H,3,6-9H2,1H3,(H,19,20,22). The van der Waals surface area contributed by atoms with Crippen molar-refractivity contribution in [1.82, 2.24) is 10.2 Å². The highest BCUT2D eigenvalue weighted by Gasteiger charge is 2.31. The van der Waals surface area contributed by atoms with Gasteiger partial charge in [0.25, 0.3) is 5.91 Å². The van der Waals surface area contributed by atoms with Crippen molar-refractivity contribution in [2.24, 2.45) is 4.99 Å². The molecule has 1 aromatic carbocycles. The number of hydrogen-bond acceptors (Lipinski definition) is 7. The summed E-state index contributed by atoms with van der Waals surface area (Å²) >= 11 is 8.16. The van der Waals surface area contributed by atoms with Gasteiger partial charge in [-0.15, -0.1) is 0 Å². The number of amides is 2. The van der Waals surface area contributed by atoms with Gasteiger partial charge in [0.05, 0.1) is 18.6 Å². The molecule has 0 unspecified atom stereocenters. The van der Waals surface area contributed by atoms with E-state index in [1.165, 1.54) is 11.8 Å². The van der Waals surface area contributed by atoms with Crippen molar-refractivity contribution in [3.05, 3.63) is 34.7 Å². The molecule has 0 bridgehead atoms. The van der Waals surface area contributed by atoms with E-state index >= 15 is 0 Å². The highest BCUT2D eigenvalue weighted by Crippen LogP contribution is 2.33. The Labute approximate surface area is 171 Å². The molecule has 0 aliphatic carbocycles. The van der Waals surface area contributed by atoms with Gasteiger partial charge in [0, 0.05) is 18.7 Å². The van der Waals surface area contributed by atoms with Gasteiger partial charge in [-0.3, -0.25) is 19.5 Å². The third-order valence-corrected chi connectivity index (χ3v) is 6.15. The van der Waals surface area contributed by atoms with E-state index in [9.17, 15) is 9.59 Å². The number of nitrogens with zero attached hydrogens (tertiary/aromatic N) is 2. The minimum atomic E-state index is -0.121. The maximum Gasteiger partial charge on any atom is 0.266 e. The lowest BCUT2D eigenvalue weighted by Gasteiger charge is -2.14. The summed E-state index contributed by atoms with van der Waals surface area (Å²) in [5.41, 5.74) is 0.879. The van der Waals surface area contributed by atoms with Gasteiger partial charge in [0.1, 0.15) is 10.1 Å². The normalized spacial score (nSPS) is 18.2. The molecule has 2 heterocycles. The van der Waals surface area contributed by atoms with Crippen molar-refractivity contribution in [2.45, 2.75) is 12.8 Å². The quantitative estimate of drug-likeness (QED) is 0.563. The lowest BCUT2D eigenvalue weighted by atomic mass is 10.2. The third-order valence-electron chi connectivity index (χ3n) is 3.88. The molecular formula is C18H19N3O3S3. The molecular weight excluding hydrogens is 402 g/mol. The SMILES string of the molecule is COc1cccc(C=C2SC(=S)N(CCCC(=O)NC3=NCCS3)C2=O)c1. The molecule has 0 spiro atoms. The second kappa shape index (κ2) is 9.38. The van der Waals surface area contributed by atoms with Gasteiger partial charge in [0.15, 0.2) is 5.17 Å². The van der Waals surface area contributed by atoms with Crippen LogP contribution in [0.2, 0.25) is 0 Å². The first kappa shape index (κ1) is 19.9. The zero-order valence-corrected chi connectivity index (χ0v) is 17.2. The molecule has 6 nitrogen and oxygen atoms in total. The number of ether oxygens (including phenoxy) is 1. The van der Waals surface area contributed by atoms with Crippen molar-refractivity contribution in [2.75, 3.05) is 26.0 Å². The number of carbonyl (C=O) groups excluding carboxylic acids is 2. The van der Waals surface area contributed by atoms with E-state index in [4.69, 9.17) is 17.0 Å². The summed E-state index contributed by atoms with van der Waals surface area (Å²) < 4.78 is 5.73. The number of hydrogen-bond donors (Lipinski definition) is 1. The lowest BCUT2D eigenvalue weighted by Crippen LogP contribution is -2.31. The molecule has 1 N–H and O–H groups in total. The van der Waals surface area contributed by atoms with Crippen molar-refractivity contribution in [1.29, 1.82) is 0 Å². The fraction of sp³-hybridized carbons (Fsp3) is 0.333. The number of thiocarbonyl (C=S) groups is 1. The molecule has 9 heteroatoms. The second-order valence-electron chi connectivity index (χ2n) is 5.80. The molecule has 2 aliphatic heterocycles. The van der Waals surface area contributed by atoms with Crippen molar-refractivity contribution < 1.29 is 14.3 Å². The molecule has 0 aromatic heterocycles. The fourth-order valence-electron chi connectivity index (χ4n) is 2.57. The fourth-order valence-corrected chi connectivity index (χ4v) is 4.62. The number of benzene rings is 1. The number of methoxy groups -OCH3 is 1. The molecule has 27 heavy (non-hydrogen) atoms. The Kier molecular flexibility index (Phi) is 6.92. The van der Waals surface area contributed by atoms with Crippen LogP contribution in [-0.2, 0) is 9.59 Å². The van der Waals surface area contributed by atoms with Crippen LogP contribution in [0.5, 0.6) is 5.75 Å². The first-order valence-electron chi connectivity index (χ1n) is 8.43. The van der Waals surface area contributed by atoms with Crippen LogP contribution in [0.3, 0.4) is 0 Å². The molecule has 0 saturated carbocycles. The molecule has 1 fully saturated rings. The van der Waals surface area contributed by atoms with Gasteiger partial charge in [-0.2, -0.15) is 0 Å². The van der Waals surface area contributed by atoms with E-state index in [0.29, 0.717) is 33.8 Å². The number of carbonyl (C=O) groups is 2. The van der Waals surface area contributed by atoms with Crippen LogP contribution in [0.25, 0.3) is 6.08 Å². The van der Waals surface area contributed by atoms with E-state index in [-0.39, 0.29) is 11.8 Å². The Bertz CT molecular complexity index is 823. The summed E-state index contributed by atoms with van der Waals surface area (Å²) in [7, 11) is 1.60. The molecule has 3 rings (SSSR count). The van der Waals surface area contributed by atoms with Gasteiger partial charge >= 0.3 is 0 Å². The van der Waals surface area contributed by atoms with Crippen molar-refractivity contribution in [3.63, 3.8) is 0 Å². The molecule has 2 aliphatic rings. The largest absolute Gasteiger partial charge is 0.497 e. The predicted molar refractivity (Wildman–Crippen MR) is 115 cm³/mol. The monoisotopic (exact) mass is 421 g/mol. The molecule has 0 radical (unpaired) electrons. The highest BCUT2D eigenvalue weighted by molar-refractivity contribution is 8.26. The topological polar surface area (TPSA) is 71.0 Å². The summed E-state index contributed by atoms with van der Waals surface area (Å²) in [6.07, 6.45) is 2.68. The van der Waals surface area contributed by atoms with Gasteiger partial charge < -0.3 is 10.1 Å². The van der Waals surface area contributed by atoms with Crippen LogP contribution < -0.4 is 10.1 Å². The van der Waals surface area contributed by atoms with Crippen LogP contribution >= 0.6 is 35.7 Å². The number of aliphatic imine (C=N–C) groups is 1. The van der Waals surface area contributed by atoms with E-state index in [0.717, 1.165) is 23.6 Å². The van der Waals surface area contributed by atoms with Crippen molar-refractivity contribution in [3.8, 4) is 5.75 Å². The first-order valence-corrected chi connectivity index (χ1v) is 10.6. The summed E-state index contributed by atoms with van der Waals surface area (Å²) in [6.45, 7) is 1.17. The molecule has 2 amide bonds. The lowest BCUT2D eigenvalue weighted by molar-refractivity contribution is -0.123. The Hall–Kier alpha value is -1.84. The summed E-state index contributed by atoms with van der Waals surface area (Å²) in [6, 6.07) is 7.49. The van der Waals surface area contributed by atoms with Gasteiger partial charge in [-0.05, 0) is 30.2 Å². The van der Waals surface area contributed by atoms with E-state index in [1.54, 1.807) is 23.8 Å². The summed E-state index contributed by atoms with van der Waals surface area (Å²) in [4.78, 5) is 30.9. The first-order chi connectivity index (χ1) is 13.1. The minimum absolute atomic E-state index is 0.0829. The maximum atomic E-state index is 12.6. The zero-order chi connectivity index (χ0) is 19.2. The minimum Gasteiger partial charge on any atom is -0.497 e. The van der Waals surface area contributed by atoms with E-state index < -0.39 is 0 Å². The molecule has 1 saturated heterocycles. The van der Waals surface area contributed by atoms with Crippen LogP contribution in [0.4, 0.5) is 0 Å². The van der Waals surface area contributed by atoms with Gasteiger partial charge in [0.2, 0.25) is 5.91 Å². The van der Waals surface area contributed by atoms with E-state index in [2.05, 4.69) is 10.3 Å². The second-order valence-corrected chi connectivity index (χ2v) is 8.56. The summed E-state index contributed by atoms with van der Waals surface area (Å²) in [5.74, 6) is 1.44. The Morgan fingerprint density at radius 3 is 3.07 bits per heavy atom. The van der Waals surface area contributed by atoms with Crippen LogP contribution in [0, 0.1) is 0 Å². The summed E-state index contributed by atoms with van der Waals surface area (Å²) in [5, 5.41) is 3.48. The smallest absolute Gasteiger partial charge is 0.266 e. The Balaban J connectivity index is 1.54. The van der Waals surface area contributed by atoms with Crippen molar-refractivity contribution >= 4 is 63.1 Å². The Morgan fingerprint density at radius 1 is 1.48 bits per heavy atom. The van der Waals surface area contributed by atoms with E-state index in [1.807, 2.05) is 30.3 Å². The third kappa shape index (κ3) is 5.33. The highest BCUT2D eigenvalue weighted by atomic mass is 32.2. The number of rotatable bonds is 6. The predicted octanol–water partition coefficient (Wildman–Crippen LogP) is 2.90. The molecule has 1 aromatic rings. The van der Waals surface area contributed by atoms with Gasteiger partial charge in [-0.25, -0.2) is 0 Å². The average Bonchev–Trinajstić information content (AvgIpc) is 3.25.